The molecule has 1 fully saturated rings. The van der Waals surface area contributed by atoms with Crippen LogP contribution in [0.15, 0.2) is 48.0 Å². The fraction of sp³-hybridized carbons (Fsp3) is 0.316. The SMILES string of the molecule is CC1CC(Nc2c(Cl)ccc3scnc23)CN1Cc1ccccc1. The highest BCUT2D eigenvalue weighted by molar-refractivity contribution is 7.16. The van der Waals surface area contributed by atoms with E-state index in [1.807, 2.05) is 17.6 Å². The average molecular weight is 358 g/mol. The summed E-state index contributed by atoms with van der Waals surface area (Å²) >= 11 is 8.08. The number of rotatable bonds is 4. The highest BCUT2D eigenvalue weighted by Crippen LogP contribution is 2.34. The quantitative estimate of drug-likeness (QED) is 0.710. The van der Waals surface area contributed by atoms with Crippen molar-refractivity contribution in [3.63, 3.8) is 0 Å². The predicted molar refractivity (Wildman–Crippen MR) is 103 cm³/mol. The topological polar surface area (TPSA) is 28.2 Å². The van der Waals surface area contributed by atoms with E-state index in [4.69, 9.17) is 11.6 Å². The second kappa shape index (κ2) is 6.71. The molecule has 5 heteroatoms. The molecule has 4 rings (SSSR count). The fourth-order valence-corrected chi connectivity index (χ4v) is 4.38. The summed E-state index contributed by atoms with van der Waals surface area (Å²) in [6, 6.07) is 15.6. The number of halogens is 1. The second-order valence-corrected chi connectivity index (χ2v) is 7.76. The van der Waals surface area contributed by atoms with E-state index < -0.39 is 0 Å². The van der Waals surface area contributed by atoms with Crippen molar-refractivity contribution in [2.45, 2.75) is 32.0 Å². The van der Waals surface area contributed by atoms with E-state index in [1.165, 1.54) is 10.3 Å². The highest BCUT2D eigenvalue weighted by atomic mass is 35.5. The number of benzene rings is 2. The van der Waals surface area contributed by atoms with Crippen molar-refractivity contribution in [1.29, 1.82) is 0 Å². The first-order valence-electron chi connectivity index (χ1n) is 8.27. The van der Waals surface area contributed by atoms with Crippen LogP contribution in [0.5, 0.6) is 0 Å². The Morgan fingerprint density at radius 1 is 1.25 bits per heavy atom. The molecular formula is C19H20ClN3S. The lowest BCUT2D eigenvalue weighted by Crippen LogP contribution is -2.28. The second-order valence-electron chi connectivity index (χ2n) is 6.46. The first kappa shape index (κ1) is 15.9. The van der Waals surface area contributed by atoms with Crippen molar-refractivity contribution in [2.75, 3.05) is 11.9 Å². The lowest BCUT2D eigenvalue weighted by molar-refractivity contribution is 0.259. The van der Waals surface area contributed by atoms with Crippen molar-refractivity contribution < 1.29 is 0 Å². The van der Waals surface area contributed by atoms with Crippen molar-refractivity contribution in [2.24, 2.45) is 0 Å². The van der Waals surface area contributed by atoms with E-state index in [0.717, 1.165) is 35.7 Å². The number of fused-ring (bicyclic) bond motifs is 1. The van der Waals surface area contributed by atoms with Gasteiger partial charge in [0.15, 0.2) is 0 Å². The number of likely N-dealkylation sites (tertiary alicyclic amines) is 1. The molecule has 1 aliphatic rings. The molecule has 3 nitrogen and oxygen atoms in total. The van der Waals surface area contributed by atoms with Gasteiger partial charge in [0.1, 0.15) is 5.52 Å². The number of thiazole rings is 1. The summed E-state index contributed by atoms with van der Waals surface area (Å²) in [7, 11) is 0. The molecule has 1 saturated heterocycles. The first-order chi connectivity index (χ1) is 11.7. The van der Waals surface area contributed by atoms with Crippen molar-refractivity contribution in [1.82, 2.24) is 9.88 Å². The lowest BCUT2D eigenvalue weighted by atomic mass is 10.1. The largest absolute Gasteiger partial charge is 0.378 e. The van der Waals surface area contributed by atoms with Gasteiger partial charge in [0.05, 0.1) is 20.9 Å². The van der Waals surface area contributed by atoms with Crippen molar-refractivity contribution in [3.8, 4) is 0 Å². The Bertz CT molecular complexity index is 833. The van der Waals surface area contributed by atoms with Gasteiger partial charge in [-0.1, -0.05) is 41.9 Å². The molecule has 2 atom stereocenters. The van der Waals surface area contributed by atoms with Crippen LogP contribution in [-0.2, 0) is 6.54 Å². The van der Waals surface area contributed by atoms with Crippen LogP contribution in [0, 0.1) is 0 Å². The minimum Gasteiger partial charge on any atom is -0.378 e. The van der Waals surface area contributed by atoms with Crippen molar-refractivity contribution in [3.05, 3.63) is 58.6 Å². The zero-order chi connectivity index (χ0) is 16.5. The maximum atomic E-state index is 6.43. The molecular weight excluding hydrogens is 338 g/mol. The van der Waals surface area contributed by atoms with Crippen molar-refractivity contribution >= 4 is 38.8 Å². The van der Waals surface area contributed by atoms with E-state index in [1.54, 1.807) is 11.3 Å². The summed E-state index contributed by atoms with van der Waals surface area (Å²) in [6.07, 6.45) is 1.11. The molecule has 0 spiro atoms. The Hall–Kier alpha value is -1.62. The first-order valence-corrected chi connectivity index (χ1v) is 9.52. The van der Waals surface area contributed by atoms with Crippen LogP contribution in [0.25, 0.3) is 10.2 Å². The van der Waals surface area contributed by atoms with Gasteiger partial charge in [-0.3, -0.25) is 4.90 Å². The minimum atomic E-state index is 0.397. The molecule has 3 aromatic rings. The molecule has 1 aromatic heterocycles. The van der Waals surface area contributed by atoms with Gasteiger partial charge in [-0.15, -0.1) is 11.3 Å². The Kier molecular flexibility index (Phi) is 4.44. The number of nitrogens with one attached hydrogen (secondary N) is 1. The van der Waals surface area contributed by atoms with E-state index >= 15 is 0 Å². The Labute approximate surface area is 151 Å². The van der Waals surface area contributed by atoms with Crippen LogP contribution in [0.2, 0.25) is 5.02 Å². The molecule has 2 heterocycles. The third-order valence-electron chi connectivity index (χ3n) is 4.73. The molecule has 0 radical (unpaired) electrons. The molecule has 0 amide bonds. The summed E-state index contributed by atoms with van der Waals surface area (Å²) in [5.74, 6) is 0. The zero-order valence-corrected chi connectivity index (χ0v) is 15.1. The number of hydrogen-bond acceptors (Lipinski definition) is 4. The van der Waals surface area contributed by atoms with E-state index in [9.17, 15) is 0 Å². The third kappa shape index (κ3) is 3.14. The van der Waals surface area contributed by atoms with Crippen LogP contribution in [0.3, 0.4) is 0 Å². The van der Waals surface area contributed by atoms with Gasteiger partial charge in [0.2, 0.25) is 0 Å². The van der Waals surface area contributed by atoms with Gasteiger partial charge < -0.3 is 5.32 Å². The number of aromatic nitrogens is 1. The summed E-state index contributed by atoms with van der Waals surface area (Å²) in [4.78, 5) is 7.02. The lowest BCUT2D eigenvalue weighted by Gasteiger charge is -2.21. The summed E-state index contributed by atoms with van der Waals surface area (Å²) in [5, 5.41) is 4.41. The third-order valence-corrected chi connectivity index (χ3v) is 5.84. The molecule has 124 valence electrons. The van der Waals surface area contributed by atoms with E-state index in [-0.39, 0.29) is 0 Å². The summed E-state index contributed by atoms with van der Waals surface area (Å²) in [5.41, 5.74) is 5.21. The number of anilines is 1. The standard InChI is InChI=1S/C19H20ClN3S/c1-13-9-15(11-23(13)10-14-5-3-2-4-6-14)22-18-16(20)7-8-17-19(18)21-12-24-17/h2-8,12-13,15,22H,9-11H2,1H3. The van der Waals surface area contributed by atoms with Crippen LogP contribution >= 0.6 is 22.9 Å². The minimum absolute atomic E-state index is 0.397. The van der Waals surface area contributed by atoms with Gasteiger partial charge in [0.25, 0.3) is 0 Å². The van der Waals surface area contributed by atoms with Crippen LogP contribution in [-0.4, -0.2) is 28.5 Å². The zero-order valence-electron chi connectivity index (χ0n) is 13.6. The Morgan fingerprint density at radius 3 is 2.92 bits per heavy atom. The average Bonchev–Trinajstić information content (AvgIpc) is 3.18. The van der Waals surface area contributed by atoms with Gasteiger partial charge in [-0.25, -0.2) is 4.98 Å². The summed E-state index contributed by atoms with van der Waals surface area (Å²) < 4.78 is 1.18. The molecule has 24 heavy (non-hydrogen) atoms. The molecule has 0 saturated carbocycles. The van der Waals surface area contributed by atoms with Gasteiger partial charge in [-0.2, -0.15) is 0 Å². The molecule has 0 bridgehead atoms. The Morgan fingerprint density at radius 2 is 2.08 bits per heavy atom. The van der Waals surface area contributed by atoms with Gasteiger partial charge in [-0.05, 0) is 31.0 Å². The van der Waals surface area contributed by atoms with Gasteiger partial charge >= 0.3 is 0 Å². The van der Waals surface area contributed by atoms with Crippen LogP contribution < -0.4 is 5.32 Å². The maximum Gasteiger partial charge on any atom is 0.106 e. The van der Waals surface area contributed by atoms with Crippen LogP contribution in [0.1, 0.15) is 18.9 Å². The van der Waals surface area contributed by atoms with E-state index in [0.29, 0.717) is 12.1 Å². The molecule has 2 aromatic carbocycles. The fourth-order valence-electron chi connectivity index (χ4n) is 3.49. The number of hydrogen-bond donors (Lipinski definition) is 1. The van der Waals surface area contributed by atoms with E-state index in [2.05, 4.69) is 52.5 Å². The predicted octanol–water partition coefficient (Wildman–Crippen LogP) is 5.02. The van der Waals surface area contributed by atoms with Crippen LogP contribution in [0.4, 0.5) is 5.69 Å². The molecule has 1 aliphatic heterocycles. The monoisotopic (exact) mass is 357 g/mol. The maximum absolute atomic E-state index is 6.43. The van der Waals surface area contributed by atoms with Gasteiger partial charge in [0, 0.05) is 25.2 Å². The number of nitrogens with zero attached hydrogens (tertiary/aromatic N) is 2. The molecule has 2 unspecified atom stereocenters. The molecule has 1 N–H and O–H groups in total. The highest BCUT2D eigenvalue weighted by Gasteiger charge is 2.29. The molecule has 0 aliphatic carbocycles. The Balaban J connectivity index is 1.50. The normalized spacial score (nSPS) is 21.4. The smallest absolute Gasteiger partial charge is 0.106 e. The summed E-state index contributed by atoms with van der Waals surface area (Å²) in [6.45, 7) is 4.32.